The lowest BCUT2D eigenvalue weighted by molar-refractivity contribution is 0.0956. The molecule has 0 aliphatic carbocycles. The molecule has 1 amide bonds. The number of amides is 1. The van der Waals surface area contributed by atoms with E-state index in [-0.39, 0.29) is 5.91 Å². The predicted octanol–water partition coefficient (Wildman–Crippen LogP) is 0.429. The summed E-state index contributed by atoms with van der Waals surface area (Å²) in [6, 6.07) is 6.73. The first-order valence-corrected chi connectivity index (χ1v) is 7.12. The van der Waals surface area contributed by atoms with E-state index in [1.165, 1.54) is 0 Å². The summed E-state index contributed by atoms with van der Waals surface area (Å²) in [5, 5.41) is 2.68. The first-order chi connectivity index (χ1) is 8.00. The van der Waals surface area contributed by atoms with Gasteiger partial charge in [0.25, 0.3) is 5.91 Å². The number of hydrogen-bond acceptors (Lipinski definition) is 3. The van der Waals surface area contributed by atoms with E-state index in [0.717, 1.165) is 5.56 Å². The van der Waals surface area contributed by atoms with Crippen LogP contribution in [0.5, 0.6) is 0 Å². The number of hydrogen-bond donors (Lipinski definition) is 2. The van der Waals surface area contributed by atoms with Crippen LogP contribution in [0.15, 0.2) is 24.3 Å². The molecule has 0 saturated heterocycles. The Morgan fingerprint density at radius 3 is 2.35 bits per heavy atom. The lowest BCUT2D eigenvalue weighted by Gasteiger charge is -2.04. The second-order valence-electron chi connectivity index (χ2n) is 3.47. The van der Waals surface area contributed by atoms with Crippen molar-refractivity contribution in [1.29, 1.82) is 0 Å². The van der Waals surface area contributed by atoms with E-state index in [2.05, 4.69) is 5.32 Å². The summed E-state index contributed by atoms with van der Waals surface area (Å²) in [7, 11) is -0.897. The van der Waals surface area contributed by atoms with Crippen molar-refractivity contribution in [3.05, 3.63) is 35.4 Å². The molecule has 0 fully saturated rings. The second-order valence-corrected chi connectivity index (χ2v) is 5.47. The van der Waals surface area contributed by atoms with Gasteiger partial charge in [0.1, 0.15) is 4.99 Å². The molecule has 17 heavy (non-hydrogen) atoms. The Morgan fingerprint density at radius 1 is 1.35 bits per heavy atom. The van der Waals surface area contributed by atoms with Crippen LogP contribution in [0.2, 0.25) is 0 Å². The van der Waals surface area contributed by atoms with Crippen LogP contribution >= 0.6 is 12.2 Å². The van der Waals surface area contributed by atoms with Gasteiger partial charge in [-0.25, -0.2) is 0 Å². The van der Waals surface area contributed by atoms with Gasteiger partial charge in [0, 0.05) is 40.5 Å². The summed E-state index contributed by atoms with van der Waals surface area (Å²) < 4.78 is 10.8. The fraction of sp³-hybridized carbons (Fsp3) is 0.273. The molecule has 0 aromatic heterocycles. The lowest BCUT2D eigenvalue weighted by atomic mass is 10.1. The fourth-order valence-corrected chi connectivity index (χ4v) is 1.72. The van der Waals surface area contributed by atoms with Crippen LogP contribution in [0.4, 0.5) is 0 Å². The molecule has 0 aliphatic heterocycles. The first-order valence-electron chi connectivity index (χ1n) is 4.99. The molecule has 0 saturated carbocycles. The molecule has 0 aliphatic rings. The van der Waals surface area contributed by atoms with Crippen molar-refractivity contribution >= 4 is 33.9 Å². The quantitative estimate of drug-likeness (QED) is 0.761. The van der Waals surface area contributed by atoms with Crippen molar-refractivity contribution in [3.8, 4) is 0 Å². The van der Waals surface area contributed by atoms with E-state index in [9.17, 15) is 9.00 Å². The van der Waals surface area contributed by atoms with Crippen LogP contribution in [0.25, 0.3) is 0 Å². The summed E-state index contributed by atoms with van der Waals surface area (Å²) in [4.78, 5) is 11.9. The van der Waals surface area contributed by atoms with Crippen LogP contribution in [-0.2, 0) is 10.8 Å². The number of nitrogens with two attached hydrogens (primary N) is 1. The summed E-state index contributed by atoms with van der Waals surface area (Å²) >= 11 is 4.81. The van der Waals surface area contributed by atoms with Gasteiger partial charge in [-0.05, 0) is 12.1 Å². The third-order valence-electron chi connectivity index (χ3n) is 2.11. The van der Waals surface area contributed by atoms with E-state index >= 15 is 0 Å². The average molecular weight is 270 g/mol. The van der Waals surface area contributed by atoms with Crippen LogP contribution in [0, 0.1) is 0 Å². The Balaban J connectivity index is 2.57. The zero-order valence-corrected chi connectivity index (χ0v) is 11.1. The van der Waals surface area contributed by atoms with Crippen LogP contribution in [-0.4, -0.2) is 33.7 Å². The van der Waals surface area contributed by atoms with Gasteiger partial charge in [0.2, 0.25) is 0 Å². The minimum absolute atomic E-state index is 0.190. The number of carbonyl (C=O) groups excluding carboxylic acids is 1. The highest BCUT2D eigenvalue weighted by Gasteiger charge is 2.05. The number of carbonyl (C=O) groups is 1. The topological polar surface area (TPSA) is 72.2 Å². The maximum atomic E-state index is 11.6. The number of nitrogens with one attached hydrogen (secondary N) is 1. The molecule has 1 aromatic rings. The van der Waals surface area contributed by atoms with Gasteiger partial charge in [0.05, 0.1) is 0 Å². The SMILES string of the molecule is CS(=O)CCNC(=O)c1ccc(C(N)=S)cc1. The summed E-state index contributed by atoms with van der Waals surface area (Å²) in [5.41, 5.74) is 6.71. The molecule has 3 N–H and O–H groups in total. The Hall–Kier alpha value is -1.27. The van der Waals surface area contributed by atoms with Crippen molar-refractivity contribution in [2.75, 3.05) is 18.6 Å². The molecule has 4 nitrogen and oxygen atoms in total. The van der Waals surface area contributed by atoms with E-state index in [4.69, 9.17) is 18.0 Å². The third kappa shape index (κ3) is 4.62. The molecular formula is C11H14N2O2S2. The van der Waals surface area contributed by atoms with Gasteiger partial charge >= 0.3 is 0 Å². The minimum Gasteiger partial charge on any atom is -0.389 e. The molecule has 92 valence electrons. The molecular weight excluding hydrogens is 256 g/mol. The van der Waals surface area contributed by atoms with Crippen molar-refractivity contribution in [3.63, 3.8) is 0 Å². The van der Waals surface area contributed by atoms with Crippen LogP contribution in [0.1, 0.15) is 15.9 Å². The van der Waals surface area contributed by atoms with Gasteiger partial charge in [-0.2, -0.15) is 0 Å². The van der Waals surface area contributed by atoms with Crippen molar-refractivity contribution in [2.45, 2.75) is 0 Å². The van der Waals surface area contributed by atoms with E-state index in [1.807, 2.05) is 0 Å². The number of benzene rings is 1. The van der Waals surface area contributed by atoms with E-state index in [0.29, 0.717) is 22.8 Å². The zero-order chi connectivity index (χ0) is 12.8. The van der Waals surface area contributed by atoms with Crippen molar-refractivity contribution < 1.29 is 9.00 Å². The van der Waals surface area contributed by atoms with Gasteiger partial charge in [-0.1, -0.05) is 24.4 Å². The van der Waals surface area contributed by atoms with Crippen molar-refractivity contribution in [1.82, 2.24) is 5.32 Å². The first kappa shape index (κ1) is 13.8. The molecule has 1 atom stereocenters. The lowest BCUT2D eigenvalue weighted by Crippen LogP contribution is -2.27. The van der Waals surface area contributed by atoms with Gasteiger partial charge < -0.3 is 11.1 Å². The largest absolute Gasteiger partial charge is 0.389 e. The highest BCUT2D eigenvalue weighted by atomic mass is 32.2. The fourth-order valence-electron chi connectivity index (χ4n) is 1.20. The van der Waals surface area contributed by atoms with Gasteiger partial charge in [-0.15, -0.1) is 0 Å². The van der Waals surface area contributed by atoms with E-state index in [1.54, 1.807) is 30.5 Å². The normalized spacial score (nSPS) is 11.8. The highest BCUT2D eigenvalue weighted by molar-refractivity contribution is 7.84. The second kappa shape index (κ2) is 6.46. The molecule has 1 aromatic carbocycles. The minimum atomic E-state index is -0.897. The Kier molecular flexibility index (Phi) is 5.24. The van der Waals surface area contributed by atoms with Crippen LogP contribution in [0.3, 0.4) is 0 Å². The maximum Gasteiger partial charge on any atom is 0.251 e. The Morgan fingerprint density at radius 2 is 1.88 bits per heavy atom. The standard InChI is InChI=1S/C11H14N2O2S2/c1-17(15)7-6-13-11(14)9-4-2-8(3-5-9)10(12)16/h2-5H,6-7H2,1H3,(H2,12,16)(H,13,14). The van der Waals surface area contributed by atoms with Gasteiger partial charge in [0.15, 0.2) is 0 Å². The summed E-state index contributed by atoms with van der Waals surface area (Å²) in [5.74, 6) is 0.265. The zero-order valence-electron chi connectivity index (χ0n) is 9.43. The summed E-state index contributed by atoms with van der Waals surface area (Å²) in [6.07, 6.45) is 1.60. The molecule has 6 heteroatoms. The molecule has 1 unspecified atom stereocenters. The maximum absolute atomic E-state index is 11.6. The molecule has 0 radical (unpaired) electrons. The van der Waals surface area contributed by atoms with Crippen LogP contribution < -0.4 is 11.1 Å². The molecule has 0 heterocycles. The summed E-state index contributed by atoms with van der Waals surface area (Å²) in [6.45, 7) is 0.402. The monoisotopic (exact) mass is 270 g/mol. The predicted molar refractivity (Wildman–Crippen MR) is 73.6 cm³/mol. The smallest absolute Gasteiger partial charge is 0.251 e. The average Bonchev–Trinajstić information content (AvgIpc) is 2.28. The number of rotatable bonds is 5. The van der Waals surface area contributed by atoms with Crippen molar-refractivity contribution in [2.24, 2.45) is 5.73 Å². The third-order valence-corrected chi connectivity index (χ3v) is 3.12. The molecule has 0 bridgehead atoms. The molecule has 1 rings (SSSR count). The Bertz CT molecular complexity index is 443. The molecule has 0 spiro atoms. The van der Waals surface area contributed by atoms with E-state index < -0.39 is 10.8 Å². The Labute approximate surface area is 108 Å². The number of thiocarbonyl (C=S) groups is 1. The van der Waals surface area contributed by atoms with Gasteiger partial charge in [-0.3, -0.25) is 9.00 Å². The highest BCUT2D eigenvalue weighted by Crippen LogP contribution is 2.04.